The molecule has 0 spiro atoms. The van der Waals surface area contributed by atoms with Crippen LogP contribution in [0.5, 0.6) is 0 Å². The topological polar surface area (TPSA) is 83.7 Å². The van der Waals surface area contributed by atoms with Gasteiger partial charge in [-0.25, -0.2) is 18.6 Å². The van der Waals surface area contributed by atoms with Crippen molar-refractivity contribution in [1.82, 2.24) is 20.1 Å². The lowest BCUT2D eigenvalue weighted by molar-refractivity contribution is -0.0547. The van der Waals surface area contributed by atoms with Gasteiger partial charge < -0.3 is 20.7 Å². The summed E-state index contributed by atoms with van der Waals surface area (Å²) in [6.07, 6.45) is 1.57. The molecule has 0 saturated carbocycles. The number of nitrogens with one attached hydrogen (secondary N) is 1. The second kappa shape index (κ2) is 6.77. The van der Waals surface area contributed by atoms with Gasteiger partial charge in [-0.3, -0.25) is 4.90 Å². The molecular formula is C14H21F2N5O2S. The molecule has 3 heterocycles. The Labute approximate surface area is 142 Å². The van der Waals surface area contributed by atoms with Crippen molar-refractivity contribution in [3.63, 3.8) is 0 Å². The van der Waals surface area contributed by atoms with Gasteiger partial charge in [-0.15, -0.1) is 11.3 Å². The average molecular weight is 361 g/mol. The number of urea groups is 1. The van der Waals surface area contributed by atoms with E-state index in [1.165, 1.54) is 16.2 Å². The number of nitrogens with zero attached hydrogens (tertiary/aromatic N) is 3. The molecule has 2 aliphatic rings. The van der Waals surface area contributed by atoms with Gasteiger partial charge >= 0.3 is 6.03 Å². The van der Waals surface area contributed by atoms with Crippen LogP contribution in [0.3, 0.4) is 0 Å². The van der Waals surface area contributed by atoms with E-state index in [2.05, 4.69) is 15.2 Å². The summed E-state index contributed by atoms with van der Waals surface area (Å²) in [5.74, 6) is -2.96. The van der Waals surface area contributed by atoms with Crippen molar-refractivity contribution in [2.75, 3.05) is 45.1 Å². The number of alkyl halides is 2. The molecule has 0 bridgehead atoms. The summed E-state index contributed by atoms with van der Waals surface area (Å²) in [6, 6.07) is -0.856. The van der Waals surface area contributed by atoms with Crippen LogP contribution in [0.1, 0.15) is 17.8 Å². The Kier molecular flexibility index (Phi) is 4.88. The first kappa shape index (κ1) is 17.3. The molecule has 0 unspecified atom stereocenters. The molecule has 24 heavy (non-hydrogen) atoms. The van der Waals surface area contributed by atoms with Crippen molar-refractivity contribution >= 4 is 22.5 Å². The molecule has 0 aromatic carbocycles. The van der Waals surface area contributed by atoms with Crippen molar-refractivity contribution in [2.24, 2.45) is 0 Å². The number of hydrogen-bond donors (Lipinski definition) is 2. The Morgan fingerprint density at radius 1 is 1.62 bits per heavy atom. The molecular weight excluding hydrogens is 340 g/mol. The molecule has 7 nitrogen and oxygen atoms in total. The van der Waals surface area contributed by atoms with Gasteiger partial charge in [-0.2, -0.15) is 0 Å². The number of hydrogen-bond acceptors (Lipinski definition) is 6. The highest BCUT2D eigenvalue weighted by Crippen LogP contribution is 2.32. The number of anilines is 1. The van der Waals surface area contributed by atoms with E-state index in [0.29, 0.717) is 36.3 Å². The lowest BCUT2D eigenvalue weighted by Crippen LogP contribution is -2.59. The smallest absolute Gasteiger partial charge is 0.318 e. The minimum Gasteiger partial charge on any atom is -0.379 e. The van der Waals surface area contributed by atoms with E-state index in [1.54, 1.807) is 6.20 Å². The fourth-order valence-electron chi connectivity index (χ4n) is 2.99. The first-order valence-electron chi connectivity index (χ1n) is 7.81. The van der Waals surface area contributed by atoms with E-state index in [-0.39, 0.29) is 6.04 Å². The first-order chi connectivity index (χ1) is 11.4. The number of nitrogens with two attached hydrogens (primary N) is 1. The number of halogens is 2. The summed E-state index contributed by atoms with van der Waals surface area (Å²) in [5, 5.41) is 2.63. The molecule has 10 heteroatoms. The highest BCUT2D eigenvalue weighted by atomic mass is 32.1. The van der Waals surface area contributed by atoms with Gasteiger partial charge in [0.2, 0.25) is 0 Å². The second-order valence-electron chi connectivity index (χ2n) is 6.18. The standard InChI is InChI=1S/C14H21F2N5O2S/c1-9-6-23-3-2-20(9)5-10(11-4-18-12(17)24-11)21-8-14(15,16)7-19-13(21)22/h4,9-10H,2-3,5-8H2,1H3,(H2,17,18)(H,19,22)/t9-,10+/m0/s1. The Morgan fingerprint density at radius 2 is 2.42 bits per heavy atom. The zero-order chi connectivity index (χ0) is 17.3. The molecule has 2 amide bonds. The van der Waals surface area contributed by atoms with E-state index >= 15 is 0 Å². The minimum atomic E-state index is -2.96. The number of carbonyl (C=O) groups excluding carboxylic acids is 1. The normalized spacial score (nSPS) is 26.2. The lowest BCUT2D eigenvalue weighted by Gasteiger charge is -2.42. The molecule has 0 aliphatic carbocycles. The van der Waals surface area contributed by atoms with E-state index in [4.69, 9.17) is 10.5 Å². The summed E-state index contributed by atoms with van der Waals surface area (Å²) in [5.41, 5.74) is 5.70. The summed E-state index contributed by atoms with van der Waals surface area (Å²) >= 11 is 1.22. The molecule has 3 N–H and O–H groups in total. The van der Waals surface area contributed by atoms with Gasteiger partial charge in [0.1, 0.15) is 0 Å². The van der Waals surface area contributed by atoms with Crippen molar-refractivity contribution in [3.8, 4) is 0 Å². The van der Waals surface area contributed by atoms with Gasteiger partial charge in [0, 0.05) is 25.3 Å². The Hall–Kier alpha value is -1.52. The Balaban J connectivity index is 1.85. The number of carbonyl (C=O) groups is 1. The SMILES string of the molecule is C[C@H]1COCCN1C[C@H](c1cnc(N)s1)N1CC(F)(F)CNC1=O. The van der Waals surface area contributed by atoms with E-state index < -0.39 is 31.1 Å². The van der Waals surface area contributed by atoms with Crippen LogP contribution in [0, 0.1) is 0 Å². The van der Waals surface area contributed by atoms with E-state index in [1.807, 2.05) is 6.92 Å². The van der Waals surface area contributed by atoms with Crippen LogP contribution in [-0.2, 0) is 4.74 Å². The Bertz CT molecular complexity index is 599. The average Bonchev–Trinajstić information content (AvgIpc) is 2.95. The fraction of sp³-hybridized carbons (Fsp3) is 0.714. The monoisotopic (exact) mass is 361 g/mol. The van der Waals surface area contributed by atoms with Crippen LogP contribution in [0.4, 0.5) is 18.7 Å². The molecule has 1 aromatic heterocycles. The van der Waals surface area contributed by atoms with Gasteiger partial charge in [0.15, 0.2) is 5.13 Å². The largest absolute Gasteiger partial charge is 0.379 e. The molecule has 0 radical (unpaired) electrons. The van der Waals surface area contributed by atoms with Crippen LogP contribution < -0.4 is 11.1 Å². The van der Waals surface area contributed by atoms with Crippen molar-refractivity contribution in [1.29, 1.82) is 0 Å². The van der Waals surface area contributed by atoms with Crippen molar-refractivity contribution in [2.45, 2.75) is 24.9 Å². The van der Waals surface area contributed by atoms with E-state index in [9.17, 15) is 13.6 Å². The minimum absolute atomic E-state index is 0.153. The molecule has 2 saturated heterocycles. The maximum atomic E-state index is 13.8. The van der Waals surface area contributed by atoms with Crippen LogP contribution in [-0.4, -0.2) is 72.2 Å². The molecule has 1 aromatic rings. The molecule has 134 valence electrons. The number of amides is 2. The molecule has 2 fully saturated rings. The highest BCUT2D eigenvalue weighted by Gasteiger charge is 2.43. The highest BCUT2D eigenvalue weighted by molar-refractivity contribution is 7.15. The lowest BCUT2D eigenvalue weighted by atomic mass is 10.1. The number of nitrogen functional groups attached to an aromatic ring is 1. The predicted octanol–water partition coefficient (Wildman–Crippen LogP) is 1.15. The second-order valence-corrected chi connectivity index (χ2v) is 7.27. The number of aromatic nitrogens is 1. The van der Waals surface area contributed by atoms with Gasteiger partial charge in [0.05, 0.1) is 37.2 Å². The third-order valence-corrected chi connectivity index (χ3v) is 5.25. The molecule has 2 aliphatic heterocycles. The molecule has 2 atom stereocenters. The quantitative estimate of drug-likeness (QED) is 0.840. The molecule has 3 rings (SSSR count). The zero-order valence-corrected chi connectivity index (χ0v) is 14.2. The third kappa shape index (κ3) is 3.76. The predicted molar refractivity (Wildman–Crippen MR) is 86.2 cm³/mol. The fourth-order valence-corrected chi connectivity index (χ4v) is 3.78. The van der Waals surface area contributed by atoms with Crippen LogP contribution in [0.15, 0.2) is 6.20 Å². The van der Waals surface area contributed by atoms with Gasteiger partial charge in [-0.05, 0) is 6.92 Å². The van der Waals surface area contributed by atoms with Crippen LogP contribution in [0.25, 0.3) is 0 Å². The summed E-state index contributed by atoms with van der Waals surface area (Å²) in [4.78, 5) is 20.3. The first-order valence-corrected chi connectivity index (χ1v) is 8.63. The number of morpholine rings is 1. The third-order valence-electron chi connectivity index (χ3n) is 4.32. The van der Waals surface area contributed by atoms with Crippen LogP contribution in [0.2, 0.25) is 0 Å². The van der Waals surface area contributed by atoms with Crippen molar-refractivity contribution < 1.29 is 18.3 Å². The summed E-state index contributed by atoms with van der Waals surface area (Å²) in [6.45, 7) is 3.08. The summed E-state index contributed by atoms with van der Waals surface area (Å²) < 4.78 is 33.1. The van der Waals surface area contributed by atoms with Gasteiger partial charge in [0.25, 0.3) is 5.92 Å². The number of thiazole rings is 1. The van der Waals surface area contributed by atoms with Crippen LogP contribution >= 0.6 is 11.3 Å². The zero-order valence-electron chi connectivity index (χ0n) is 13.4. The summed E-state index contributed by atoms with van der Waals surface area (Å²) in [7, 11) is 0. The maximum absolute atomic E-state index is 13.8. The van der Waals surface area contributed by atoms with Gasteiger partial charge in [-0.1, -0.05) is 0 Å². The van der Waals surface area contributed by atoms with Crippen molar-refractivity contribution in [3.05, 3.63) is 11.1 Å². The maximum Gasteiger partial charge on any atom is 0.318 e. The Morgan fingerprint density at radius 3 is 3.08 bits per heavy atom. The van der Waals surface area contributed by atoms with E-state index in [0.717, 1.165) is 0 Å². The number of rotatable bonds is 4. The number of ether oxygens (including phenoxy) is 1.